The average molecular weight is 497 g/mol. The van der Waals surface area contributed by atoms with E-state index in [4.69, 9.17) is 34.0 Å². The fourth-order valence-electron chi connectivity index (χ4n) is 4.23. The first kappa shape index (κ1) is 26.8. The highest BCUT2D eigenvalue weighted by atomic mass is 16.5. The minimum atomic E-state index is -1.82. The summed E-state index contributed by atoms with van der Waals surface area (Å²) in [7, 11) is 5.01. The maximum absolute atomic E-state index is 9.10. The Morgan fingerprint density at radius 3 is 1.75 bits per heavy atom. The Kier molecular flexibility index (Phi) is 9.49. The number of hydrogen-bond donors (Lipinski definition) is 2. The first-order chi connectivity index (χ1) is 17.4. The number of methoxy groups -OCH3 is 3. The molecule has 3 aromatic carbocycles. The highest BCUT2D eigenvalue weighted by Gasteiger charge is 2.20. The minimum Gasteiger partial charge on any atom is -0.496 e. The van der Waals surface area contributed by atoms with E-state index in [9.17, 15) is 0 Å². The highest BCUT2D eigenvalue weighted by molar-refractivity contribution is 6.27. The molecule has 0 aromatic heterocycles. The SMILES string of the molecule is COc1cc(OC)c(OC)cc1CN1CCN(Cc2cccc3ccccc23)CC1.O=C(O)C(=O)O. The van der Waals surface area contributed by atoms with E-state index in [0.29, 0.717) is 5.75 Å². The van der Waals surface area contributed by atoms with Gasteiger partial charge in [-0.1, -0.05) is 42.5 Å². The van der Waals surface area contributed by atoms with Gasteiger partial charge < -0.3 is 24.4 Å². The summed E-state index contributed by atoms with van der Waals surface area (Å²) in [6.07, 6.45) is 0. The molecule has 9 heteroatoms. The molecule has 1 fully saturated rings. The first-order valence-electron chi connectivity index (χ1n) is 11.5. The van der Waals surface area contributed by atoms with E-state index in [2.05, 4.69) is 52.3 Å². The van der Waals surface area contributed by atoms with Crippen molar-refractivity contribution in [3.05, 3.63) is 65.7 Å². The monoisotopic (exact) mass is 496 g/mol. The van der Waals surface area contributed by atoms with Crippen molar-refractivity contribution < 1.29 is 34.0 Å². The molecule has 1 aliphatic rings. The Balaban J connectivity index is 0.000000538. The lowest BCUT2D eigenvalue weighted by atomic mass is 10.0. The number of benzene rings is 3. The molecule has 36 heavy (non-hydrogen) atoms. The van der Waals surface area contributed by atoms with Gasteiger partial charge in [-0.3, -0.25) is 9.80 Å². The molecule has 0 bridgehead atoms. The molecule has 3 aromatic rings. The van der Waals surface area contributed by atoms with Gasteiger partial charge in [0, 0.05) is 50.9 Å². The van der Waals surface area contributed by atoms with Crippen molar-refractivity contribution >= 4 is 22.7 Å². The standard InChI is InChI=1S/C25H30N2O3.C2H2O4/c1-28-23-16-25(30-3)24(29-2)15-21(23)18-27-13-11-26(12-14-27)17-20-9-6-8-19-7-4-5-10-22(19)20;3-1(4)2(5)6/h4-10,15-16H,11-14,17-18H2,1-3H3;(H,3,4)(H,5,6). The smallest absolute Gasteiger partial charge is 0.414 e. The molecular weight excluding hydrogens is 464 g/mol. The van der Waals surface area contributed by atoms with Crippen LogP contribution >= 0.6 is 0 Å². The number of carboxylic acid groups (broad SMARTS) is 2. The van der Waals surface area contributed by atoms with Crippen molar-refractivity contribution in [2.75, 3.05) is 47.5 Å². The van der Waals surface area contributed by atoms with Crippen LogP contribution in [0.4, 0.5) is 0 Å². The van der Waals surface area contributed by atoms with Gasteiger partial charge in [0.05, 0.1) is 21.3 Å². The van der Waals surface area contributed by atoms with E-state index in [1.807, 2.05) is 12.1 Å². The van der Waals surface area contributed by atoms with E-state index < -0.39 is 11.9 Å². The normalized spacial score (nSPS) is 14.0. The van der Waals surface area contributed by atoms with Gasteiger partial charge in [-0.2, -0.15) is 0 Å². The first-order valence-corrected chi connectivity index (χ1v) is 11.5. The van der Waals surface area contributed by atoms with E-state index in [0.717, 1.165) is 56.3 Å². The lowest BCUT2D eigenvalue weighted by Crippen LogP contribution is -2.45. The van der Waals surface area contributed by atoms with Crippen LogP contribution in [-0.2, 0) is 22.7 Å². The number of rotatable bonds is 7. The Hall–Kier alpha value is -3.82. The molecule has 1 aliphatic heterocycles. The molecule has 4 rings (SSSR count). The molecule has 1 saturated heterocycles. The van der Waals surface area contributed by atoms with Crippen LogP contribution < -0.4 is 14.2 Å². The largest absolute Gasteiger partial charge is 0.496 e. The van der Waals surface area contributed by atoms with Crippen LogP contribution in [0.15, 0.2) is 54.6 Å². The van der Waals surface area contributed by atoms with Crippen LogP contribution in [0.1, 0.15) is 11.1 Å². The number of fused-ring (bicyclic) bond motifs is 1. The van der Waals surface area contributed by atoms with Crippen LogP contribution in [0.3, 0.4) is 0 Å². The summed E-state index contributed by atoms with van der Waals surface area (Å²) in [4.78, 5) is 23.2. The fourth-order valence-corrected chi connectivity index (χ4v) is 4.23. The third-order valence-electron chi connectivity index (χ3n) is 6.10. The molecule has 1 heterocycles. The third-order valence-corrected chi connectivity index (χ3v) is 6.10. The second kappa shape index (κ2) is 12.8. The van der Waals surface area contributed by atoms with Gasteiger partial charge in [-0.05, 0) is 22.4 Å². The van der Waals surface area contributed by atoms with Crippen molar-refractivity contribution in [2.45, 2.75) is 13.1 Å². The van der Waals surface area contributed by atoms with Crippen molar-refractivity contribution in [1.82, 2.24) is 9.80 Å². The van der Waals surface area contributed by atoms with E-state index >= 15 is 0 Å². The number of nitrogens with zero attached hydrogens (tertiary/aromatic N) is 2. The van der Waals surface area contributed by atoms with Gasteiger partial charge in [0.1, 0.15) is 5.75 Å². The zero-order chi connectivity index (χ0) is 26.1. The van der Waals surface area contributed by atoms with Gasteiger partial charge in [0.25, 0.3) is 0 Å². The molecule has 192 valence electrons. The van der Waals surface area contributed by atoms with E-state index in [1.54, 1.807) is 21.3 Å². The summed E-state index contributed by atoms with van der Waals surface area (Å²) >= 11 is 0. The maximum atomic E-state index is 9.10. The predicted octanol–water partition coefficient (Wildman–Crippen LogP) is 3.34. The van der Waals surface area contributed by atoms with Crippen LogP contribution in [-0.4, -0.2) is 79.5 Å². The van der Waals surface area contributed by atoms with E-state index in [-0.39, 0.29) is 0 Å². The predicted molar refractivity (Wildman–Crippen MR) is 136 cm³/mol. The van der Waals surface area contributed by atoms with Gasteiger partial charge in [0.2, 0.25) is 0 Å². The minimum absolute atomic E-state index is 0.693. The Morgan fingerprint density at radius 2 is 1.19 bits per heavy atom. The van der Waals surface area contributed by atoms with Crippen LogP contribution in [0.2, 0.25) is 0 Å². The van der Waals surface area contributed by atoms with Gasteiger partial charge >= 0.3 is 11.9 Å². The summed E-state index contributed by atoms with van der Waals surface area (Å²) in [5.41, 5.74) is 2.53. The number of carboxylic acids is 2. The molecule has 0 saturated carbocycles. The summed E-state index contributed by atoms with van der Waals surface area (Å²) in [5.74, 6) is -1.38. The van der Waals surface area contributed by atoms with Gasteiger partial charge in [-0.25, -0.2) is 9.59 Å². The summed E-state index contributed by atoms with van der Waals surface area (Å²) in [6.45, 7) is 6.00. The lowest BCUT2D eigenvalue weighted by Gasteiger charge is -2.35. The second-order valence-corrected chi connectivity index (χ2v) is 8.32. The molecule has 9 nitrogen and oxygen atoms in total. The fraction of sp³-hybridized carbons (Fsp3) is 0.333. The summed E-state index contributed by atoms with van der Waals surface area (Å²) in [6, 6.07) is 19.2. The number of aliphatic carboxylic acids is 2. The second-order valence-electron chi connectivity index (χ2n) is 8.32. The zero-order valence-corrected chi connectivity index (χ0v) is 20.8. The molecular formula is C27H32N2O7. The molecule has 0 atom stereocenters. The Morgan fingerprint density at radius 1 is 0.694 bits per heavy atom. The zero-order valence-electron chi connectivity index (χ0n) is 20.8. The van der Waals surface area contributed by atoms with Gasteiger partial charge in [0.15, 0.2) is 11.5 Å². The maximum Gasteiger partial charge on any atom is 0.414 e. The molecule has 0 aliphatic carbocycles. The Labute approximate surface area is 210 Å². The molecule has 2 N–H and O–H groups in total. The number of piperazine rings is 1. The van der Waals surface area contributed by atoms with Crippen molar-refractivity contribution in [3.63, 3.8) is 0 Å². The van der Waals surface area contributed by atoms with Crippen LogP contribution in [0.5, 0.6) is 17.2 Å². The van der Waals surface area contributed by atoms with Gasteiger partial charge in [-0.15, -0.1) is 0 Å². The molecule has 0 radical (unpaired) electrons. The number of hydrogen-bond acceptors (Lipinski definition) is 7. The van der Waals surface area contributed by atoms with Crippen molar-refractivity contribution in [3.8, 4) is 17.2 Å². The number of carbonyl (C=O) groups is 2. The molecule has 0 spiro atoms. The van der Waals surface area contributed by atoms with Crippen LogP contribution in [0, 0.1) is 0 Å². The number of ether oxygens (including phenoxy) is 3. The third kappa shape index (κ3) is 6.87. The summed E-state index contributed by atoms with van der Waals surface area (Å²) in [5, 5.41) is 17.5. The highest BCUT2D eigenvalue weighted by Crippen LogP contribution is 2.35. The Bertz CT molecular complexity index is 1170. The van der Waals surface area contributed by atoms with Crippen molar-refractivity contribution in [2.24, 2.45) is 0 Å². The molecule has 0 unspecified atom stereocenters. The van der Waals surface area contributed by atoms with E-state index in [1.165, 1.54) is 16.3 Å². The van der Waals surface area contributed by atoms with Crippen molar-refractivity contribution in [1.29, 1.82) is 0 Å². The topological polar surface area (TPSA) is 109 Å². The quantitative estimate of drug-likeness (QED) is 0.476. The van der Waals surface area contributed by atoms with Crippen LogP contribution in [0.25, 0.3) is 10.8 Å². The average Bonchev–Trinajstić information content (AvgIpc) is 2.90. The summed E-state index contributed by atoms with van der Waals surface area (Å²) < 4.78 is 16.5. The molecule has 0 amide bonds. The lowest BCUT2D eigenvalue weighted by molar-refractivity contribution is -0.159.